The van der Waals surface area contributed by atoms with Crippen LogP contribution in [0.4, 0.5) is 0 Å². The monoisotopic (exact) mass is 246 g/mol. The van der Waals surface area contributed by atoms with Gasteiger partial charge in [-0.25, -0.2) is 8.42 Å². The lowest BCUT2D eigenvalue weighted by Gasteiger charge is -2.32. The molecular weight excluding hydrogens is 228 g/mol. The zero-order valence-electron chi connectivity index (χ0n) is 9.31. The number of carbonyl (C=O) groups is 1. The van der Waals surface area contributed by atoms with Gasteiger partial charge in [-0.15, -0.1) is 0 Å². The summed E-state index contributed by atoms with van der Waals surface area (Å²) in [5.74, 6) is 0.449. The molecule has 0 radical (unpaired) electrons. The first-order valence-electron chi connectivity index (χ1n) is 5.81. The van der Waals surface area contributed by atoms with Crippen molar-refractivity contribution < 1.29 is 13.2 Å². The molecule has 0 bridgehead atoms. The van der Waals surface area contributed by atoms with E-state index in [1.165, 1.54) is 0 Å². The van der Waals surface area contributed by atoms with Crippen LogP contribution in [0, 0.1) is 0 Å². The molecule has 5 nitrogen and oxygen atoms in total. The van der Waals surface area contributed by atoms with Crippen LogP contribution in [-0.2, 0) is 14.6 Å². The van der Waals surface area contributed by atoms with Crippen LogP contribution in [0.15, 0.2) is 0 Å². The van der Waals surface area contributed by atoms with Crippen LogP contribution in [-0.4, -0.2) is 56.4 Å². The van der Waals surface area contributed by atoms with Crippen molar-refractivity contribution in [3.8, 4) is 0 Å². The van der Waals surface area contributed by atoms with E-state index < -0.39 is 9.84 Å². The maximum absolute atomic E-state index is 11.8. The van der Waals surface area contributed by atoms with Crippen molar-refractivity contribution >= 4 is 15.7 Å². The van der Waals surface area contributed by atoms with Crippen LogP contribution >= 0.6 is 0 Å². The first-order valence-corrected chi connectivity index (χ1v) is 7.63. The van der Waals surface area contributed by atoms with E-state index in [9.17, 15) is 13.2 Å². The fraction of sp³-hybridized carbons (Fsp3) is 0.900. The van der Waals surface area contributed by atoms with Gasteiger partial charge < -0.3 is 5.32 Å². The van der Waals surface area contributed by atoms with Gasteiger partial charge in [-0.05, 0) is 19.3 Å². The van der Waals surface area contributed by atoms with Gasteiger partial charge in [0.2, 0.25) is 5.91 Å². The van der Waals surface area contributed by atoms with E-state index in [4.69, 9.17) is 0 Å². The molecule has 1 amide bonds. The van der Waals surface area contributed by atoms with Crippen LogP contribution in [0.2, 0.25) is 0 Å². The number of hydrogen-bond donors (Lipinski definition) is 1. The van der Waals surface area contributed by atoms with Crippen molar-refractivity contribution in [2.45, 2.75) is 25.3 Å². The molecule has 0 spiro atoms. The van der Waals surface area contributed by atoms with Gasteiger partial charge in [0.15, 0.2) is 9.84 Å². The summed E-state index contributed by atoms with van der Waals surface area (Å²) in [6.45, 7) is 1.75. The molecule has 2 fully saturated rings. The van der Waals surface area contributed by atoms with E-state index in [2.05, 4.69) is 5.32 Å². The van der Waals surface area contributed by atoms with Gasteiger partial charge in [0, 0.05) is 19.6 Å². The molecule has 0 aliphatic carbocycles. The van der Waals surface area contributed by atoms with Crippen LogP contribution in [0.1, 0.15) is 19.3 Å². The Hall–Kier alpha value is -0.620. The maximum Gasteiger partial charge on any atom is 0.237 e. The van der Waals surface area contributed by atoms with Gasteiger partial charge in [-0.1, -0.05) is 0 Å². The van der Waals surface area contributed by atoms with Gasteiger partial charge in [0.25, 0.3) is 0 Å². The molecule has 0 unspecified atom stereocenters. The summed E-state index contributed by atoms with van der Waals surface area (Å²) in [4.78, 5) is 13.8. The van der Waals surface area contributed by atoms with Gasteiger partial charge in [0.1, 0.15) is 0 Å². The van der Waals surface area contributed by atoms with E-state index in [1.54, 1.807) is 0 Å². The predicted molar refractivity (Wildman–Crippen MR) is 60.9 cm³/mol. The normalized spacial score (nSPS) is 31.8. The number of nitrogens with one attached hydrogen (secondary N) is 1. The molecule has 2 aliphatic heterocycles. The molecule has 1 atom stereocenters. The second-order valence-electron chi connectivity index (χ2n) is 4.49. The van der Waals surface area contributed by atoms with Crippen LogP contribution in [0.3, 0.4) is 0 Å². The molecule has 0 saturated carbocycles. The molecule has 1 N–H and O–H groups in total. The molecule has 2 rings (SSSR count). The van der Waals surface area contributed by atoms with Crippen LogP contribution < -0.4 is 5.32 Å². The minimum atomic E-state index is -2.85. The van der Waals surface area contributed by atoms with E-state index in [-0.39, 0.29) is 23.5 Å². The lowest BCUT2D eigenvalue weighted by Crippen LogP contribution is -2.51. The van der Waals surface area contributed by atoms with E-state index >= 15 is 0 Å². The maximum atomic E-state index is 11.8. The van der Waals surface area contributed by atoms with Crippen molar-refractivity contribution in [1.29, 1.82) is 0 Å². The Labute approximate surface area is 96.1 Å². The number of sulfone groups is 1. The Balaban J connectivity index is 1.99. The lowest BCUT2D eigenvalue weighted by atomic mass is 10.1. The second-order valence-corrected chi connectivity index (χ2v) is 6.79. The highest BCUT2D eigenvalue weighted by Crippen LogP contribution is 2.15. The molecule has 0 aromatic heterocycles. The molecule has 2 saturated heterocycles. The summed E-state index contributed by atoms with van der Waals surface area (Å²) in [6, 6.07) is -0.113. The van der Waals surface area contributed by atoms with Gasteiger partial charge in [0.05, 0.1) is 17.5 Å². The predicted octanol–water partition coefficient (Wildman–Crippen LogP) is -0.614. The average Bonchev–Trinajstić information content (AvgIpc) is 2.44. The number of rotatable bonds is 1. The quantitative estimate of drug-likeness (QED) is 0.670. The summed E-state index contributed by atoms with van der Waals surface area (Å²) >= 11 is 0. The summed E-state index contributed by atoms with van der Waals surface area (Å²) in [6.07, 6.45) is 2.91. The molecule has 6 heteroatoms. The highest BCUT2D eigenvalue weighted by atomic mass is 32.2. The van der Waals surface area contributed by atoms with Gasteiger partial charge >= 0.3 is 0 Å². The minimum absolute atomic E-state index is 0.0665. The Morgan fingerprint density at radius 2 is 1.88 bits per heavy atom. The van der Waals surface area contributed by atoms with E-state index in [0.29, 0.717) is 13.1 Å². The second kappa shape index (κ2) is 4.71. The smallest absolute Gasteiger partial charge is 0.237 e. The van der Waals surface area contributed by atoms with Crippen molar-refractivity contribution in [2.24, 2.45) is 0 Å². The lowest BCUT2D eigenvalue weighted by molar-refractivity contribution is -0.126. The van der Waals surface area contributed by atoms with Crippen molar-refractivity contribution in [1.82, 2.24) is 10.2 Å². The summed E-state index contributed by atoms with van der Waals surface area (Å²) < 4.78 is 22.6. The fourth-order valence-electron chi connectivity index (χ4n) is 2.31. The molecule has 2 aliphatic rings. The fourth-order valence-corrected chi connectivity index (χ4v) is 3.54. The third-order valence-electron chi connectivity index (χ3n) is 3.33. The van der Waals surface area contributed by atoms with Crippen molar-refractivity contribution in [3.63, 3.8) is 0 Å². The Bertz CT molecular complexity index is 352. The molecule has 2 heterocycles. The zero-order chi connectivity index (χ0) is 11.6. The van der Waals surface area contributed by atoms with Crippen molar-refractivity contribution in [2.75, 3.05) is 31.1 Å². The number of hydrogen-bond acceptors (Lipinski definition) is 4. The minimum Gasteiger partial charge on any atom is -0.355 e. The topological polar surface area (TPSA) is 66.5 Å². The first kappa shape index (κ1) is 11.9. The van der Waals surface area contributed by atoms with Crippen molar-refractivity contribution in [3.05, 3.63) is 0 Å². The number of amides is 1. The molecule has 16 heavy (non-hydrogen) atoms. The Kier molecular flexibility index (Phi) is 3.49. The first-order chi connectivity index (χ1) is 7.58. The number of nitrogens with zero attached hydrogens (tertiary/aromatic N) is 1. The largest absolute Gasteiger partial charge is 0.355 e. The van der Waals surface area contributed by atoms with Gasteiger partial charge in [-0.2, -0.15) is 0 Å². The zero-order valence-corrected chi connectivity index (χ0v) is 10.1. The third kappa shape index (κ3) is 2.74. The summed E-state index contributed by atoms with van der Waals surface area (Å²) in [7, 11) is -2.85. The highest BCUT2D eigenvalue weighted by molar-refractivity contribution is 7.91. The average molecular weight is 246 g/mol. The molecule has 0 aromatic carbocycles. The highest BCUT2D eigenvalue weighted by Gasteiger charge is 2.31. The van der Waals surface area contributed by atoms with Crippen LogP contribution in [0.25, 0.3) is 0 Å². The molecule has 0 aromatic rings. The number of carbonyl (C=O) groups excluding carboxylic acids is 1. The van der Waals surface area contributed by atoms with Gasteiger partial charge in [-0.3, -0.25) is 9.69 Å². The van der Waals surface area contributed by atoms with Crippen LogP contribution in [0.5, 0.6) is 0 Å². The van der Waals surface area contributed by atoms with E-state index in [0.717, 1.165) is 25.8 Å². The summed E-state index contributed by atoms with van der Waals surface area (Å²) in [5, 5.41) is 2.88. The molecule has 92 valence electrons. The standard InChI is InChI=1S/C10H18N2O3S/c13-10-9(3-1-2-4-11-10)12-5-7-16(14,15)8-6-12/h9H,1-8H2,(H,11,13)/t9-/m0/s1. The van der Waals surface area contributed by atoms with E-state index in [1.807, 2.05) is 4.90 Å². The summed E-state index contributed by atoms with van der Waals surface area (Å²) in [5.41, 5.74) is 0. The SMILES string of the molecule is O=C1NCCCC[C@@H]1N1CCS(=O)(=O)CC1. The Morgan fingerprint density at radius 1 is 1.19 bits per heavy atom. The Morgan fingerprint density at radius 3 is 2.56 bits per heavy atom. The third-order valence-corrected chi connectivity index (χ3v) is 4.94. The molecular formula is C10H18N2O3S.